The van der Waals surface area contributed by atoms with Crippen LogP contribution in [0.3, 0.4) is 0 Å². The second kappa shape index (κ2) is 8.16. The molecule has 0 radical (unpaired) electrons. The first-order valence-electron chi connectivity index (χ1n) is 8.90. The third kappa shape index (κ3) is 3.57. The Hall–Kier alpha value is -0.810. The number of hydrogen-bond acceptors (Lipinski definition) is 3. The van der Waals surface area contributed by atoms with Gasteiger partial charge in [0.15, 0.2) is 5.96 Å². The highest BCUT2D eigenvalue weighted by atomic mass is 16.5. The fraction of sp³-hybridized carbons (Fsp3) is 0.941. The zero-order valence-electron chi connectivity index (χ0n) is 14.7. The van der Waals surface area contributed by atoms with Crippen molar-refractivity contribution in [2.24, 2.45) is 10.4 Å². The van der Waals surface area contributed by atoms with Crippen molar-refractivity contribution in [2.45, 2.75) is 71.1 Å². The van der Waals surface area contributed by atoms with E-state index in [0.717, 1.165) is 51.4 Å². The SMILES string of the molecule is CCOC1CC(NC(=NC)NCC2CCCO2)C1(CC)CC. The van der Waals surface area contributed by atoms with Crippen LogP contribution in [-0.2, 0) is 9.47 Å². The molecular formula is C17H33N3O2. The van der Waals surface area contributed by atoms with Crippen LogP contribution < -0.4 is 10.6 Å². The van der Waals surface area contributed by atoms with Crippen LogP contribution in [0.25, 0.3) is 0 Å². The molecule has 0 amide bonds. The lowest BCUT2D eigenvalue weighted by molar-refractivity contribution is -0.133. The third-order valence-electron chi connectivity index (χ3n) is 5.53. The van der Waals surface area contributed by atoms with Gasteiger partial charge in [0, 0.05) is 38.3 Å². The quantitative estimate of drug-likeness (QED) is 0.560. The predicted octanol–water partition coefficient (Wildman–Crippen LogP) is 2.31. The molecule has 5 nitrogen and oxygen atoms in total. The van der Waals surface area contributed by atoms with Gasteiger partial charge in [-0.25, -0.2) is 0 Å². The standard InChI is InChI=1S/C17H33N3O2/c1-5-17(6-2)14(11-15(17)21-7-3)20-16(18-4)19-12-13-9-8-10-22-13/h13-15H,5-12H2,1-4H3,(H2,18,19,20). The Bertz CT molecular complexity index is 363. The van der Waals surface area contributed by atoms with Gasteiger partial charge in [-0.3, -0.25) is 4.99 Å². The Morgan fingerprint density at radius 1 is 1.32 bits per heavy atom. The van der Waals surface area contributed by atoms with E-state index in [9.17, 15) is 0 Å². The summed E-state index contributed by atoms with van der Waals surface area (Å²) in [5.74, 6) is 0.890. The minimum Gasteiger partial charge on any atom is -0.378 e. The Morgan fingerprint density at radius 2 is 2.09 bits per heavy atom. The molecule has 1 aliphatic heterocycles. The van der Waals surface area contributed by atoms with Crippen molar-refractivity contribution >= 4 is 5.96 Å². The van der Waals surface area contributed by atoms with E-state index < -0.39 is 0 Å². The fourth-order valence-corrected chi connectivity index (χ4v) is 3.96. The maximum Gasteiger partial charge on any atom is 0.191 e. The zero-order chi connectivity index (χ0) is 16.0. The molecule has 22 heavy (non-hydrogen) atoms. The van der Waals surface area contributed by atoms with Crippen LogP contribution in [-0.4, -0.2) is 51.0 Å². The second-order valence-corrected chi connectivity index (χ2v) is 6.41. The van der Waals surface area contributed by atoms with Crippen molar-refractivity contribution in [2.75, 3.05) is 26.8 Å². The maximum atomic E-state index is 5.94. The van der Waals surface area contributed by atoms with E-state index in [1.54, 1.807) is 0 Å². The summed E-state index contributed by atoms with van der Waals surface area (Å²) in [4.78, 5) is 4.37. The van der Waals surface area contributed by atoms with E-state index in [1.165, 1.54) is 6.42 Å². The van der Waals surface area contributed by atoms with Crippen molar-refractivity contribution < 1.29 is 9.47 Å². The molecule has 0 aromatic rings. The highest BCUT2D eigenvalue weighted by Crippen LogP contribution is 2.48. The molecule has 0 spiro atoms. The van der Waals surface area contributed by atoms with Gasteiger partial charge in [0.05, 0.1) is 12.2 Å². The predicted molar refractivity (Wildman–Crippen MR) is 90.3 cm³/mol. The number of nitrogens with one attached hydrogen (secondary N) is 2. The third-order valence-corrected chi connectivity index (χ3v) is 5.53. The van der Waals surface area contributed by atoms with Crippen LogP contribution in [0.1, 0.15) is 52.9 Å². The van der Waals surface area contributed by atoms with Crippen LogP contribution in [0, 0.1) is 5.41 Å². The van der Waals surface area contributed by atoms with E-state index in [-0.39, 0.29) is 5.41 Å². The summed E-state index contributed by atoms with van der Waals surface area (Å²) in [6.07, 6.45) is 6.36. The van der Waals surface area contributed by atoms with Gasteiger partial charge in [-0.05, 0) is 39.0 Å². The molecule has 2 rings (SSSR count). The lowest BCUT2D eigenvalue weighted by Gasteiger charge is -2.55. The van der Waals surface area contributed by atoms with Crippen LogP contribution in [0.2, 0.25) is 0 Å². The van der Waals surface area contributed by atoms with Crippen LogP contribution in [0.15, 0.2) is 4.99 Å². The summed E-state index contributed by atoms with van der Waals surface area (Å²) < 4.78 is 11.6. The molecular weight excluding hydrogens is 278 g/mol. The van der Waals surface area contributed by atoms with Crippen molar-refractivity contribution in [1.82, 2.24) is 10.6 Å². The van der Waals surface area contributed by atoms with Crippen molar-refractivity contribution in [3.05, 3.63) is 0 Å². The number of aliphatic imine (C=N–C) groups is 1. The second-order valence-electron chi connectivity index (χ2n) is 6.41. The number of guanidine groups is 1. The first kappa shape index (κ1) is 17.5. The Balaban J connectivity index is 1.87. The van der Waals surface area contributed by atoms with E-state index in [0.29, 0.717) is 18.2 Å². The molecule has 128 valence electrons. The van der Waals surface area contributed by atoms with Gasteiger partial charge in [-0.15, -0.1) is 0 Å². The number of nitrogens with zero attached hydrogens (tertiary/aromatic N) is 1. The largest absolute Gasteiger partial charge is 0.378 e. The molecule has 1 saturated carbocycles. The van der Waals surface area contributed by atoms with Gasteiger partial charge in [0.2, 0.25) is 0 Å². The lowest BCUT2D eigenvalue weighted by atomic mass is 9.58. The van der Waals surface area contributed by atoms with E-state index >= 15 is 0 Å². The molecule has 1 aliphatic carbocycles. The van der Waals surface area contributed by atoms with Crippen molar-refractivity contribution in [3.63, 3.8) is 0 Å². The van der Waals surface area contributed by atoms with E-state index in [4.69, 9.17) is 9.47 Å². The average molecular weight is 311 g/mol. The van der Waals surface area contributed by atoms with Crippen molar-refractivity contribution in [1.29, 1.82) is 0 Å². The molecule has 0 bridgehead atoms. The molecule has 5 heteroatoms. The van der Waals surface area contributed by atoms with Gasteiger partial charge >= 0.3 is 0 Å². The first-order chi connectivity index (χ1) is 10.7. The lowest BCUT2D eigenvalue weighted by Crippen LogP contribution is -2.65. The van der Waals surface area contributed by atoms with Gasteiger partial charge in [0.25, 0.3) is 0 Å². The van der Waals surface area contributed by atoms with Crippen LogP contribution in [0.5, 0.6) is 0 Å². The van der Waals surface area contributed by atoms with Crippen LogP contribution in [0.4, 0.5) is 0 Å². The summed E-state index contributed by atoms with van der Waals surface area (Å²) in [6.45, 7) is 9.15. The summed E-state index contributed by atoms with van der Waals surface area (Å²) in [5, 5.41) is 7.03. The first-order valence-corrected chi connectivity index (χ1v) is 8.90. The van der Waals surface area contributed by atoms with E-state index in [1.807, 2.05) is 7.05 Å². The fourth-order valence-electron chi connectivity index (χ4n) is 3.96. The molecule has 2 aliphatic rings. The summed E-state index contributed by atoms with van der Waals surface area (Å²) in [5.41, 5.74) is 0.234. The number of ether oxygens (including phenoxy) is 2. The molecule has 3 atom stereocenters. The minimum absolute atomic E-state index is 0.234. The number of rotatable bonds is 7. The van der Waals surface area contributed by atoms with Crippen molar-refractivity contribution in [3.8, 4) is 0 Å². The molecule has 3 unspecified atom stereocenters. The normalized spacial score (nSPS) is 30.9. The summed E-state index contributed by atoms with van der Waals surface area (Å²) >= 11 is 0. The molecule has 0 aromatic heterocycles. The average Bonchev–Trinajstić information content (AvgIpc) is 3.04. The molecule has 1 heterocycles. The molecule has 2 fully saturated rings. The van der Waals surface area contributed by atoms with Gasteiger partial charge < -0.3 is 20.1 Å². The van der Waals surface area contributed by atoms with Gasteiger partial charge in [0.1, 0.15) is 0 Å². The van der Waals surface area contributed by atoms with Crippen LogP contribution >= 0.6 is 0 Å². The highest BCUT2D eigenvalue weighted by molar-refractivity contribution is 5.80. The molecule has 0 aromatic carbocycles. The zero-order valence-corrected chi connectivity index (χ0v) is 14.7. The molecule has 2 N–H and O–H groups in total. The molecule has 1 saturated heterocycles. The Kier molecular flexibility index (Phi) is 6.50. The topological polar surface area (TPSA) is 54.9 Å². The van der Waals surface area contributed by atoms with E-state index in [2.05, 4.69) is 36.4 Å². The summed E-state index contributed by atoms with van der Waals surface area (Å²) in [6, 6.07) is 0.440. The highest BCUT2D eigenvalue weighted by Gasteiger charge is 2.53. The Labute approximate surface area is 135 Å². The summed E-state index contributed by atoms with van der Waals surface area (Å²) in [7, 11) is 1.84. The van der Waals surface area contributed by atoms with Gasteiger partial charge in [-0.1, -0.05) is 13.8 Å². The van der Waals surface area contributed by atoms with Gasteiger partial charge in [-0.2, -0.15) is 0 Å². The Morgan fingerprint density at radius 3 is 2.64 bits per heavy atom. The minimum atomic E-state index is 0.234. The smallest absolute Gasteiger partial charge is 0.191 e. The number of hydrogen-bond donors (Lipinski definition) is 2. The maximum absolute atomic E-state index is 5.94. The monoisotopic (exact) mass is 311 g/mol.